The molecule has 2 aromatic carbocycles. The molecule has 8 heteroatoms. The molecule has 1 saturated heterocycles. The van der Waals surface area contributed by atoms with Crippen molar-refractivity contribution in [3.05, 3.63) is 116 Å². The third kappa shape index (κ3) is 21.9. The summed E-state index contributed by atoms with van der Waals surface area (Å²) in [6, 6.07) is 20.8. The first-order valence-electron chi connectivity index (χ1n) is 13.9. The zero-order valence-corrected chi connectivity index (χ0v) is 27.9. The SMILES string of the molecule is C=CC1CCCN1C.C=CCC1=NN=C(CNC=C)C1.CCN.CNCc1ccccc1.N[CH-]c1ccccc1.[Na+]. The van der Waals surface area contributed by atoms with Gasteiger partial charge in [-0.25, -0.2) is 0 Å². The first-order chi connectivity index (χ1) is 19.5. The first-order valence-corrected chi connectivity index (χ1v) is 13.9. The zero-order valence-electron chi connectivity index (χ0n) is 25.9. The summed E-state index contributed by atoms with van der Waals surface area (Å²) >= 11 is 0. The maximum Gasteiger partial charge on any atom is 1.00 e. The Morgan fingerprint density at radius 2 is 1.59 bits per heavy atom. The first kappa shape index (κ1) is 40.6. The molecule has 1 unspecified atom stereocenters. The molecule has 1 fully saturated rings. The van der Waals surface area contributed by atoms with E-state index in [-0.39, 0.29) is 29.6 Å². The fourth-order valence-electron chi connectivity index (χ4n) is 3.61. The van der Waals surface area contributed by atoms with E-state index >= 15 is 0 Å². The Bertz CT molecular complexity index is 962. The Hall–Kier alpha value is -2.49. The molecule has 0 aromatic heterocycles. The van der Waals surface area contributed by atoms with Gasteiger partial charge in [0.25, 0.3) is 0 Å². The average molecular weight is 570 g/mol. The second-order valence-electron chi connectivity index (χ2n) is 9.01. The van der Waals surface area contributed by atoms with Crippen LogP contribution in [0.5, 0.6) is 0 Å². The summed E-state index contributed by atoms with van der Waals surface area (Å²) in [5.74, 6) is 0. The van der Waals surface area contributed by atoms with E-state index in [1.807, 2.05) is 74.7 Å². The predicted molar refractivity (Wildman–Crippen MR) is 176 cm³/mol. The van der Waals surface area contributed by atoms with Crippen LogP contribution in [0.4, 0.5) is 0 Å². The van der Waals surface area contributed by atoms with Gasteiger partial charge in [-0.15, -0.1) is 31.8 Å². The van der Waals surface area contributed by atoms with Gasteiger partial charge in [0.15, 0.2) is 0 Å². The molecule has 2 aliphatic heterocycles. The van der Waals surface area contributed by atoms with Crippen molar-refractivity contribution in [1.29, 1.82) is 0 Å². The Labute approximate surface area is 272 Å². The summed E-state index contributed by atoms with van der Waals surface area (Å²) < 4.78 is 0. The number of benzene rings is 2. The van der Waals surface area contributed by atoms with E-state index in [4.69, 9.17) is 11.5 Å². The van der Waals surface area contributed by atoms with Gasteiger partial charge >= 0.3 is 29.6 Å². The molecular formula is C33H52N7Na. The van der Waals surface area contributed by atoms with Crippen molar-refractivity contribution >= 4 is 11.4 Å². The smallest absolute Gasteiger partial charge is 0.386 e. The quantitative estimate of drug-likeness (QED) is 0.211. The molecule has 41 heavy (non-hydrogen) atoms. The molecular weight excluding hydrogens is 517 g/mol. The van der Waals surface area contributed by atoms with Gasteiger partial charge in [-0.1, -0.05) is 62.1 Å². The third-order valence-corrected chi connectivity index (χ3v) is 5.64. The summed E-state index contributed by atoms with van der Waals surface area (Å²) in [6.45, 7) is 18.1. The summed E-state index contributed by atoms with van der Waals surface area (Å²) in [4.78, 5) is 2.34. The number of likely N-dealkylation sites (N-methyl/N-ethyl adjacent to an activating group) is 1. The van der Waals surface area contributed by atoms with E-state index in [2.05, 4.69) is 64.7 Å². The molecule has 2 aromatic rings. The number of likely N-dealkylation sites (tertiary alicyclic amines) is 1. The van der Waals surface area contributed by atoms with Crippen LogP contribution in [-0.2, 0) is 6.54 Å². The van der Waals surface area contributed by atoms with Crippen molar-refractivity contribution in [3.8, 4) is 0 Å². The molecule has 4 rings (SSSR count). The Balaban J connectivity index is 0. The molecule has 0 saturated carbocycles. The maximum atomic E-state index is 5.22. The van der Waals surface area contributed by atoms with Gasteiger partial charge in [0, 0.05) is 25.4 Å². The fraction of sp³-hybridized carbons (Fsp3) is 0.364. The largest absolute Gasteiger partial charge is 1.00 e. The number of allylic oxidation sites excluding steroid dienone is 1. The Morgan fingerprint density at radius 3 is 2.00 bits per heavy atom. The van der Waals surface area contributed by atoms with Crippen molar-refractivity contribution < 1.29 is 29.6 Å². The molecule has 0 aliphatic carbocycles. The Kier molecular flexibility index (Phi) is 28.8. The normalized spacial score (nSPS) is 14.6. The number of nitrogens with two attached hydrogens (primary N) is 2. The van der Waals surface area contributed by atoms with E-state index in [1.165, 1.54) is 24.9 Å². The second kappa shape index (κ2) is 29.0. The summed E-state index contributed by atoms with van der Waals surface area (Å²) in [7, 11) is 4.10. The maximum absolute atomic E-state index is 5.22. The van der Waals surface area contributed by atoms with Crippen molar-refractivity contribution in [2.75, 3.05) is 33.7 Å². The standard InChI is InChI=1S/C9H13N3.C8H11N.C7H13N.C7H8N.C2H7N.Na/c1-3-5-8-6-9(12-11-8)7-10-4-2;1-9-7-8-5-3-2-4-6-8;1-3-7-5-4-6-8(7)2;8-6-7-4-2-1-3-5-7;1-2-3;/h3-4,10H,1-2,5-7H2;2-6,9H,7H2,1H3;3,7H,1,4-6H2,2H3;1-6H,8H2;2-3H2,1H3;/q;;;-1;;+1. The fourth-order valence-corrected chi connectivity index (χ4v) is 3.61. The van der Waals surface area contributed by atoms with Crippen molar-refractivity contribution in [1.82, 2.24) is 15.5 Å². The van der Waals surface area contributed by atoms with Gasteiger partial charge < -0.3 is 22.1 Å². The van der Waals surface area contributed by atoms with Gasteiger partial charge in [0.1, 0.15) is 0 Å². The van der Waals surface area contributed by atoms with Crippen LogP contribution in [0.1, 0.15) is 43.7 Å². The van der Waals surface area contributed by atoms with Crippen LogP contribution >= 0.6 is 0 Å². The minimum atomic E-state index is 0. The minimum Gasteiger partial charge on any atom is -0.386 e. The van der Waals surface area contributed by atoms with Gasteiger partial charge in [0.05, 0.1) is 18.0 Å². The van der Waals surface area contributed by atoms with E-state index < -0.39 is 0 Å². The molecule has 220 valence electrons. The number of nitrogens with zero attached hydrogens (tertiary/aromatic N) is 3. The van der Waals surface area contributed by atoms with Crippen molar-refractivity contribution in [2.45, 2.75) is 45.2 Å². The van der Waals surface area contributed by atoms with Crippen LogP contribution in [0.25, 0.3) is 0 Å². The van der Waals surface area contributed by atoms with Gasteiger partial charge in [-0.05, 0) is 51.8 Å². The van der Waals surface area contributed by atoms with Crippen LogP contribution in [0, 0.1) is 6.54 Å². The molecule has 1 atom stereocenters. The number of hydrogen-bond acceptors (Lipinski definition) is 7. The van der Waals surface area contributed by atoms with Crippen molar-refractivity contribution in [3.63, 3.8) is 0 Å². The predicted octanol–water partition coefficient (Wildman–Crippen LogP) is 2.29. The summed E-state index contributed by atoms with van der Waals surface area (Å²) in [5, 5.41) is 14.1. The van der Waals surface area contributed by atoms with Gasteiger partial charge in [-0.2, -0.15) is 27.9 Å². The zero-order chi connectivity index (χ0) is 29.8. The van der Waals surface area contributed by atoms with Crippen LogP contribution < -0.4 is 51.7 Å². The number of rotatable bonds is 9. The molecule has 7 nitrogen and oxygen atoms in total. The molecule has 0 bridgehead atoms. The van der Waals surface area contributed by atoms with Crippen LogP contribution in [-0.4, -0.2) is 56.1 Å². The summed E-state index contributed by atoms with van der Waals surface area (Å²) in [5.41, 5.74) is 14.6. The molecule has 6 N–H and O–H groups in total. The number of nitrogens with one attached hydrogen (secondary N) is 2. The third-order valence-electron chi connectivity index (χ3n) is 5.64. The molecule has 0 spiro atoms. The molecule has 0 amide bonds. The van der Waals surface area contributed by atoms with Gasteiger partial charge in [-0.3, -0.25) is 4.90 Å². The van der Waals surface area contributed by atoms with E-state index in [0.717, 1.165) is 49.5 Å². The monoisotopic (exact) mass is 569 g/mol. The Morgan fingerprint density at radius 1 is 1.00 bits per heavy atom. The van der Waals surface area contributed by atoms with E-state index in [1.54, 1.807) is 12.7 Å². The molecule has 0 radical (unpaired) electrons. The van der Waals surface area contributed by atoms with E-state index in [0.29, 0.717) is 6.04 Å². The van der Waals surface area contributed by atoms with Gasteiger partial charge in [0.2, 0.25) is 0 Å². The molecule has 2 aliphatic rings. The van der Waals surface area contributed by atoms with E-state index in [9.17, 15) is 0 Å². The summed E-state index contributed by atoms with van der Waals surface area (Å²) in [6.07, 6.45) is 9.89. The molecule has 2 heterocycles. The van der Waals surface area contributed by atoms with Crippen LogP contribution in [0.2, 0.25) is 0 Å². The second-order valence-corrected chi connectivity index (χ2v) is 9.01. The number of hydrogen-bond donors (Lipinski definition) is 4. The topological polar surface area (TPSA) is 104 Å². The average Bonchev–Trinajstić information content (AvgIpc) is 3.63. The minimum absolute atomic E-state index is 0. The van der Waals surface area contributed by atoms with Crippen LogP contribution in [0.3, 0.4) is 0 Å². The van der Waals surface area contributed by atoms with Crippen molar-refractivity contribution in [2.24, 2.45) is 21.7 Å². The van der Waals surface area contributed by atoms with Crippen LogP contribution in [0.15, 0.2) is 109 Å².